The van der Waals surface area contributed by atoms with Crippen molar-refractivity contribution in [2.24, 2.45) is 0 Å². The molecule has 0 radical (unpaired) electrons. The molecule has 6 heteroatoms. The van der Waals surface area contributed by atoms with Crippen molar-refractivity contribution in [3.05, 3.63) is 29.8 Å². The number of rotatable bonds is 3. The Bertz CT molecular complexity index is 327. The minimum Gasteiger partial charge on any atom is -0.405 e. The maximum Gasteiger partial charge on any atom is 0.573 e. The summed E-state index contributed by atoms with van der Waals surface area (Å²) in [6.07, 6.45) is -5.95. The smallest absolute Gasteiger partial charge is 0.405 e. The number of benzene rings is 1. The summed E-state index contributed by atoms with van der Waals surface area (Å²) >= 11 is 5.34. The normalized spacial score (nSPS) is 13.7. The predicted octanol–water partition coefficient (Wildman–Crippen LogP) is 2.86. The quantitative estimate of drug-likeness (QED) is 0.824. The van der Waals surface area contributed by atoms with Gasteiger partial charge in [-0.05, 0) is 6.07 Å². The maximum atomic E-state index is 12.0. The highest BCUT2D eigenvalue weighted by molar-refractivity contribution is 6.18. The molecule has 0 bridgehead atoms. The van der Waals surface area contributed by atoms with E-state index >= 15 is 0 Å². The average Bonchev–Trinajstić information content (AvgIpc) is 2.15. The summed E-state index contributed by atoms with van der Waals surface area (Å²) < 4.78 is 39.6. The summed E-state index contributed by atoms with van der Waals surface area (Å²) in [4.78, 5) is 0. The third-order valence-corrected chi connectivity index (χ3v) is 1.94. The molecule has 0 aliphatic heterocycles. The highest BCUT2D eigenvalue weighted by Gasteiger charge is 2.32. The Morgan fingerprint density at radius 3 is 2.47 bits per heavy atom. The van der Waals surface area contributed by atoms with Gasteiger partial charge in [-0.1, -0.05) is 18.2 Å². The molecule has 0 aromatic heterocycles. The zero-order valence-electron chi connectivity index (χ0n) is 7.46. The second-order valence-corrected chi connectivity index (χ2v) is 3.06. The van der Waals surface area contributed by atoms with Gasteiger partial charge in [-0.3, -0.25) is 0 Å². The molecule has 1 N–H and O–H groups in total. The van der Waals surface area contributed by atoms with Crippen LogP contribution < -0.4 is 4.74 Å². The SMILES string of the molecule is OC(CCl)c1ccccc1OC(F)(F)F. The molecule has 1 rings (SSSR count). The first-order valence-electron chi connectivity index (χ1n) is 4.02. The molecule has 0 heterocycles. The Kier molecular flexibility index (Phi) is 3.82. The van der Waals surface area contributed by atoms with Gasteiger partial charge in [-0.25, -0.2) is 0 Å². The maximum absolute atomic E-state index is 12.0. The molecule has 1 atom stereocenters. The van der Waals surface area contributed by atoms with Gasteiger partial charge >= 0.3 is 6.36 Å². The minimum absolute atomic E-state index is 0.0184. The highest BCUT2D eigenvalue weighted by Crippen LogP contribution is 2.30. The zero-order valence-corrected chi connectivity index (χ0v) is 8.22. The van der Waals surface area contributed by atoms with E-state index < -0.39 is 18.2 Å². The Morgan fingerprint density at radius 2 is 1.93 bits per heavy atom. The molecule has 0 saturated heterocycles. The van der Waals surface area contributed by atoms with Gasteiger partial charge in [-0.15, -0.1) is 24.8 Å². The molecule has 0 aliphatic carbocycles. The molecule has 15 heavy (non-hydrogen) atoms. The number of hydrogen-bond acceptors (Lipinski definition) is 2. The molecular weight excluding hydrogens is 233 g/mol. The third kappa shape index (κ3) is 3.60. The van der Waals surface area contributed by atoms with Crippen molar-refractivity contribution in [1.82, 2.24) is 0 Å². The molecule has 1 aromatic carbocycles. The first kappa shape index (κ1) is 12.1. The number of aliphatic hydroxyl groups is 1. The van der Waals surface area contributed by atoms with Crippen LogP contribution in [0.5, 0.6) is 5.75 Å². The van der Waals surface area contributed by atoms with Crippen LogP contribution >= 0.6 is 11.6 Å². The van der Waals surface area contributed by atoms with E-state index in [1.807, 2.05) is 0 Å². The van der Waals surface area contributed by atoms with E-state index in [1.54, 1.807) is 0 Å². The van der Waals surface area contributed by atoms with Gasteiger partial charge in [0, 0.05) is 5.56 Å². The fraction of sp³-hybridized carbons (Fsp3) is 0.333. The van der Waals surface area contributed by atoms with Crippen LogP contribution in [0, 0.1) is 0 Å². The average molecular weight is 241 g/mol. The summed E-state index contributed by atoms with van der Waals surface area (Å²) in [5.41, 5.74) is 0.0184. The Balaban J connectivity index is 2.96. The van der Waals surface area contributed by atoms with Crippen molar-refractivity contribution in [3.63, 3.8) is 0 Å². The van der Waals surface area contributed by atoms with E-state index in [9.17, 15) is 18.3 Å². The van der Waals surface area contributed by atoms with E-state index in [-0.39, 0.29) is 11.4 Å². The molecule has 0 amide bonds. The molecule has 0 fully saturated rings. The van der Waals surface area contributed by atoms with E-state index in [4.69, 9.17) is 11.6 Å². The summed E-state index contributed by atoms with van der Waals surface area (Å²) in [5, 5.41) is 9.33. The lowest BCUT2D eigenvalue weighted by molar-refractivity contribution is -0.275. The Hall–Kier alpha value is -0.940. The van der Waals surface area contributed by atoms with Crippen LogP contribution in [0.4, 0.5) is 13.2 Å². The highest BCUT2D eigenvalue weighted by atomic mass is 35.5. The number of hydrogen-bond donors (Lipinski definition) is 1. The fourth-order valence-electron chi connectivity index (χ4n) is 1.06. The van der Waals surface area contributed by atoms with Crippen molar-refractivity contribution in [3.8, 4) is 5.75 Å². The van der Waals surface area contributed by atoms with Crippen LogP contribution in [-0.4, -0.2) is 17.3 Å². The molecule has 1 unspecified atom stereocenters. The number of halogens is 4. The molecular formula is C9H8ClF3O2. The van der Waals surface area contributed by atoms with Crippen molar-refractivity contribution >= 4 is 11.6 Å². The number of ether oxygens (including phenoxy) is 1. The van der Waals surface area contributed by atoms with Gasteiger partial charge in [-0.2, -0.15) is 0 Å². The second kappa shape index (κ2) is 4.72. The van der Waals surface area contributed by atoms with Gasteiger partial charge < -0.3 is 9.84 Å². The largest absolute Gasteiger partial charge is 0.573 e. The standard InChI is InChI=1S/C9H8ClF3O2/c10-5-7(14)6-3-1-2-4-8(6)15-9(11,12)13/h1-4,7,14H,5H2. The molecule has 0 saturated carbocycles. The van der Waals surface area contributed by atoms with Gasteiger partial charge in [0.2, 0.25) is 0 Å². The van der Waals surface area contributed by atoms with Crippen LogP contribution in [0.2, 0.25) is 0 Å². The second-order valence-electron chi connectivity index (χ2n) is 2.76. The van der Waals surface area contributed by atoms with E-state index in [0.29, 0.717) is 0 Å². The zero-order chi connectivity index (χ0) is 11.5. The van der Waals surface area contributed by atoms with Crippen molar-refractivity contribution < 1.29 is 23.0 Å². The van der Waals surface area contributed by atoms with Gasteiger partial charge in [0.15, 0.2) is 0 Å². The Morgan fingerprint density at radius 1 is 1.33 bits per heavy atom. The third-order valence-electron chi connectivity index (χ3n) is 1.65. The van der Waals surface area contributed by atoms with E-state index in [2.05, 4.69) is 4.74 Å². The van der Waals surface area contributed by atoms with Crippen molar-refractivity contribution in [1.29, 1.82) is 0 Å². The number of aliphatic hydroxyl groups excluding tert-OH is 1. The lowest BCUT2D eigenvalue weighted by Gasteiger charge is -2.15. The number of para-hydroxylation sites is 1. The minimum atomic E-state index is -4.78. The lowest BCUT2D eigenvalue weighted by Crippen LogP contribution is -2.18. The first-order chi connectivity index (χ1) is 6.94. The van der Waals surface area contributed by atoms with Gasteiger partial charge in [0.25, 0.3) is 0 Å². The molecule has 0 aliphatic rings. The topological polar surface area (TPSA) is 29.5 Å². The summed E-state index contributed by atoms with van der Waals surface area (Å²) in [5.74, 6) is -0.628. The van der Waals surface area contributed by atoms with Crippen LogP contribution in [0.3, 0.4) is 0 Å². The molecule has 2 nitrogen and oxygen atoms in total. The molecule has 1 aromatic rings. The summed E-state index contributed by atoms with van der Waals surface area (Å²) in [6.45, 7) is 0. The van der Waals surface area contributed by atoms with Gasteiger partial charge in [0.1, 0.15) is 5.75 Å². The van der Waals surface area contributed by atoms with Crippen LogP contribution in [0.1, 0.15) is 11.7 Å². The number of alkyl halides is 4. The summed E-state index contributed by atoms with van der Waals surface area (Å²) in [6, 6.07) is 5.33. The van der Waals surface area contributed by atoms with Crippen molar-refractivity contribution in [2.45, 2.75) is 12.5 Å². The Labute approximate surface area is 89.2 Å². The lowest BCUT2D eigenvalue weighted by atomic mass is 10.1. The monoisotopic (exact) mass is 240 g/mol. The first-order valence-corrected chi connectivity index (χ1v) is 4.56. The van der Waals surface area contributed by atoms with Gasteiger partial charge in [0.05, 0.1) is 12.0 Å². The summed E-state index contributed by atoms with van der Waals surface area (Å²) in [7, 11) is 0. The van der Waals surface area contributed by atoms with E-state index in [0.717, 1.165) is 6.07 Å². The van der Waals surface area contributed by atoms with Crippen LogP contribution in [0.25, 0.3) is 0 Å². The molecule has 0 spiro atoms. The van der Waals surface area contributed by atoms with Crippen molar-refractivity contribution in [2.75, 3.05) is 5.88 Å². The molecule has 84 valence electrons. The fourth-order valence-corrected chi connectivity index (χ4v) is 1.22. The van der Waals surface area contributed by atoms with E-state index in [1.165, 1.54) is 18.2 Å². The van der Waals surface area contributed by atoms with Crippen LogP contribution in [-0.2, 0) is 0 Å². The predicted molar refractivity (Wildman–Crippen MR) is 48.8 cm³/mol. The van der Waals surface area contributed by atoms with Crippen LogP contribution in [0.15, 0.2) is 24.3 Å².